The number of halogens is 4. The van der Waals surface area contributed by atoms with Crippen LogP contribution in [0.4, 0.5) is 17.6 Å². The molecule has 1 aliphatic carbocycles. The van der Waals surface area contributed by atoms with Gasteiger partial charge >= 0.3 is 12.1 Å². The largest absolute Gasteiger partial charge is 0.471 e. The minimum absolute atomic E-state index is 0.166. The van der Waals surface area contributed by atoms with Gasteiger partial charge in [-0.25, -0.2) is 4.39 Å². The number of benzene rings is 2. The molecule has 1 aromatic heterocycles. The Morgan fingerprint density at radius 2 is 1.89 bits per heavy atom. The summed E-state index contributed by atoms with van der Waals surface area (Å²) in [6.07, 6.45) is -3.62. The van der Waals surface area contributed by atoms with Crippen LogP contribution in [0.25, 0.3) is 11.4 Å². The number of hydrogen-bond acceptors (Lipinski definition) is 4. The van der Waals surface area contributed by atoms with E-state index in [-0.39, 0.29) is 22.8 Å². The first-order chi connectivity index (χ1) is 13.3. The summed E-state index contributed by atoms with van der Waals surface area (Å²) in [4.78, 5) is 15.6. The molecule has 0 spiro atoms. The van der Waals surface area contributed by atoms with Crippen molar-refractivity contribution in [2.75, 3.05) is 0 Å². The molecule has 1 aliphatic rings. The monoisotopic (exact) mass is 390 g/mol. The molecule has 0 aliphatic heterocycles. The number of Topliss-reactive ketones (excluding diaryl/α,β-unsaturated/α-hetero) is 1. The second-order valence-electron chi connectivity index (χ2n) is 6.76. The molecule has 0 bridgehead atoms. The lowest BCUT2D eigenvalue weighted by molar-refractivity contribution is -0.159. The van der Waals surface area contributed by atoms with Gasteiger partial charge < -0.3 is 4.52 Å². The summed E-state index contributed by atoms with van der Waals surface area (Å²) in [6, 6.07) is 13.4. The zero-order valence-corrected chi connectivity index (χ0v) is 14.4. The van der Waals surface area contributed by atoms with Crippen LogP contribution >= 0.6 is 0 Å². The highest BCUT2D eigenvalue weighted by Gasteiger charge is 2.40. The Kier molecular flexibility index (Phi) is 4.49. The predicted molar refractivity (Wildman–Crippen MR) is 90.9 cm³/mol. The van der Waals surface area contributed by atoms with Crippen LogP contribution in [0.3, 0.4) is 0 Å². The van der Waals surface area contributed by atoms with E-state index in [0.29, 0.717) is 12.3 Å². The van der Waals surface area contributed by atoms with Crippen molar-refractivity contribution in [2.45, 2.75) is 24.9 Å². The van der Waals surface area contributed by atoms with Gasteiger partial charge in [0.15, 0.2) is 5.78 Å². The normalized spacial score (nSPS) is 18.9. The van der Waals surface area contributed by atoms with Crippen molar-refractivity contribution in [1.29, 1.82) is 0 Å². The van der Waals surface area contributed by atoms with E-state index >= 15 is 0 Å². The molecule has 0 amide bonds. The zero-order valence-electron chi connectivity index (χ0n) is 14.4. The number of carbonyl (C=O) groups is 1. The van der Waals surface area contributed by atoms with Gasteiger partial charge in [0.1, 0.15) is 5.82 Å². The Morgan fingerprint density at radius 3 is 2.54 bits per heavy atom. The second kappa shape index (κ2) is 6.85. The van der Waals surface area contributed by atoms with Crippen molar-refractivity contribution in [3.05, 3.63) is 71.4 Å². The molecule has 0 saturated heterocycles. The topological polar surface area (TPSA) is 56.0 Å². The van der Waals surface area contributed by atoms with Gasteiger partial charge in [0.2, 0.25) is 5.82 Å². The molecule has 1 heterocycles. The third kappa shape index (κ3) is 3.67. The van der Waals surface area contributed by atoms with Crippen LogP contribution in [0.15, 0.2) is 53.1 Å². The van der Waals surface area contributed by atoms with Crippen LogP contribution in [-0.2, 0) is 6.18 Å². The van der Waals surface area contributed by atoms with Gasteiger partial charge in [0, 0.05) is 12.0 Å². The van der Waals surface area contributed by atoms with Crippen LogP contribution < -0.4 is 0 Å². The van der Waals surface area contributed by atoms with Gasteiger partial charge in [0.05, 0.1) is 5.56 Å². The van der Waals surface area contributed by atoms with Gasteiger partial charge in [-0.1, -0.05) is 41.6 Å². The van der Waals surface area contributed by atoms with Crippen LogP contribution in [-0.4, -0.2) is 15.9 Å². The van der Waals surface area contributed by atoms with E-state index in [1.54, 1.807) is 0 Å². The fourth-order valence-electron chi connectivity index (χ4n) is 3.26. The molecule has 1 fully saturated rings. The molecule has 0 radical (unpaired) electrons. The van der Waals surface area contributed by atoms with Crippen LogP contribution in [0.5, 0.6) is 0 Å². The maximum absolute atomic E-state index is 14.3. The quantitative estimate of drug-likeness (QED) is 0.440. The minimum atomic E-state index is -4.81. The maximum Gasteiger partial charge on any atom is 0.471 e. The number of carbonyl (C=O) groups excluding carboxylic acids is 1. The summed E-state index contributed by atoms with van der Waals surface area (Å²) >= 11 is 0. The van der Waals surface area contributed by atoms with Crippen molar-refractivity contribution < 1.29 is 26.9 Å². The van der Waals surface area contributed by atoms with E-state index in [9.17, 15) is 22.4 Å². The Bertz CT molecular complexity index is 1010. The first-order valence-electron chi connectivity index (χ1n) is 8.62. The first kappa shape index (κ1) is 18.3. The van der Waals surface area contributed by atoms with Crippen LogP contribution in [0.1, 0.15) is 40.6 Å². The predicted octanol–water partition coefficient (Wildman–Crippen LogP) is 5.27. The Hall–Kier alpha value is -3.03. The van der Waals surface area contributed by atoms with E-state index in [0.717, 1.165) is 12.5 Å². The van der Waals surface area contributed by atoms with Gasteiger partial charge in [-0.2, -0.15) is 18.2 Å². The Morgan fingerprint density at radius 1 is 1.14 bits per heavy atom. The Balaban J connectivity index is 1.46. The molecule has 1 saturated carbocycles. The summed E-state index contributed by atoms with van der Waals surface area (Å²) in [5.41, 5.74) is 1.09. The summed E-state index contributed by atoms with van der Waals surface area (Å²) in [5.74, 6) is -2.62. The highest BCUT2D eigenvalue weighted by atomic mass is 19.4. The lowest BCUT2D eigenvalue weighted by Crippen LogP contribution is -2.05. The number of rotatable bonds is 5. The summed E-state index contributed by atoms with van der Waals surface area (Å²) in [5, 5.41) is 3.16. The van der Waals surface area contributed by atoms with Crippen molar-refractivity contribution in [3.8, 4) is 11.4 Å². The number of aromatic nitrogens is 2. The molecular weight excluding hydrogens is 376 g/mol. The summed E-state index contributed by atoms with van der Waals surface area (Å²) < 4.78 is 56.1. The van der Waals surface area contributed by atoms with Crippen LogP contribution in [0.2, 0.25) is 0 Å². The number of alkyl halides is 3. The minimum Gasteiger partial charge on any atom is -0.329 e. The molecule has 4 nitrogen and oxygen atoms in total. The zero-order chi connectivity index (χ0) is 19.9. The van der Waals surface area contributed by atoms with E-state index in [2.05, 4.69) is 14.7 Å². The molecule has 2 unspecified atom stereocenters. The number of nitrogens with zero attached hydrogens (tertiary/aromatic N) is 2. The molecule has 3 aromatic rings. The standard InChI is InChI=1S/C20H14F4N2O2/c21-16-9-12(6-7-14(16)18-25-19(28-26-18)20(22,23)24)17(27)10-13-8-15(13)11-4-2-1-3-5-11/h1-7,9,13,15H,8,10H2. The van der Waals surface area contributed by atoms with Gasteiger partial charge in [-0.15, -0.1) is 0 Å². The third-order valence-corrected chi connectivity index (χ3v) is 4.80. The molecule has 2 atom stereocenters. The van der Waals surface area contributed by atoms with E-state index in [4.69, 9.17) is 0 Å². The van der Waals surface area contributed by atoms with Gasteiger partial charge in [-0.3, -0.25) is 4.79 Å². The van der Waals surface area contributed by atoms with E-state index in [1.807, 2.05) is 30.3 Å². The van der Waals surface area contributed by atoms with Crippen molar-refractivity contribution in [1.82, 2.24) is 10.1 Å². The molecule has 4 rings (SSSR count). The first-order valence-corrected chi connectivity index (χ1v) is 8.62. The molecule has 0 N–H and O–H groups in total. The third-order valence-electron chi connectivity index (χ3n) is 4.80. The fraction of sp³-hybridized carbons (Fsp3) is 0.250. The second-order valence-corrected chi connectivity index (χ2v) is 6.76. The van der Waals surface area contributed by atoms with E-state index in [1.165, 1.54) is 17.7 Å². The molecule has 8 heteroatoms. The highest BCUT2D eigenvalue weighted by molar-refractivity contribution is 5.96. The van der Waals surface area contributed by atoms with Crippen molar-refractivity contribution in [2.24, 2.45) is 5.92 Å². The highest BCUT2D eigenvalue weighted by Crippen LogP contribution is 2.49. The molecular formula is C20H14F4N2O2. The van der Waals surface area contributed by atoms with Crippen molar-refractivity contribution in [3.63, 3.8) is 0 Å². The lowest BCUT2D eigenvalue weighted by atomic mass is 10.0. The summed E-state index contributed by atoms with van der Waals surface area (Å²) in [7, 11) is 0. The fourth-order valence-corrected chi connectivity index (χ4v) is 3.26. The SMILES string of the molecule is O=C(CC1CC1c1ccccc1)c1ccc(-c2noc(C(F)(F)F)n2)c(F)c1. The number of ketones is 1. The van der Waals surface area contributed by atoms with Gasteiger partial charge in [0.25, 0.3) is 0 Å². The molecule has 2 aromatic carbocycles. The lowest BCUT2D eigenvalue weighted by Gasteiger charge is -2.04. The van der Waals surface area contributed by atoms with E-state index < -0.39 is 23.7 Å². The Labute approximate surface area is 157 Å². The molecule has 28 heavy (non-hydrogen) atoms. The maximum atomic E-state index is 14.3. The van der Waals surface area contributed by atoms with Crippen molar-refractivity contribution >= 4 is 5.78 Å². The smallest absolute Gasteiger partial charge is 0.329 e. The van der Waals surface area contributed by atoms with Gasteiger partial charge in [-0.05, 0) is 36.0 Å². The molecule has 144 valence electrons. The van der Waals surface area contributed by atoms with Crippen LogP contribution in [0, 0.1) is 11.7 Å². The average molecular weight is 390 g/mol. The number of hydrogen-bond donors (Lipinski definition) is 0. The summed E-state index contributed by atoms with van der Waals surface area (Å²) in [6.45, 7) is 0. The average Bonchev–Trinajstić information content (AvgIpc) is 3.23.